The summed E-state index contributed by atoms with van der Waals surface area (Å²) in [4.78, 5) is 42.3. The number of para-hydroxylation sites is 1. The van der Waals surface area contributed by atoms with E-state index in [1.54, 1.807) is 32.9 Å². The fraction of sp³-hybridized carbons (Fsp3) is 0.333. The molecule has 3 aromatic rings. The van der Waals surface area contributed by atoms with Crippen LogP contribution in [0.3, 0.4) is 0 Å². The Morgan fingerprint density at radius 2 is 1.59 bits per heavy atom. The summed E-state index contributed by atoms with van der Waals surface area (Å²) in [6.45, 7) is 10.5. The van der Waals surface area contributed by atoms with Crippen molar-refractivity contribution in [3.8, 4) is 6.07 Å². The highest BCUT2D eigenvalue weighted by Crippen LogP contribution is 2.28. The molecule has 0 aromatic heterocycles. The molecular weight excluding hydrogens is 516 g/mol. The van der Waals surface area contributed by atoms with Crippen LogP contribution in [0, 0.1) is 32.1 Å². The standard InChI is InChI=1S/C33H38N4O4/c1-22-16-17-26(24(3)20-22)29(30(38)35-27-15-11-10-12-23(27)2)37(19-18-34)31(39)28(21-25-13-8-7-9-14-25)36-32(40)41-33(4,5)6/h7-17,20,28-29H,19,21H2,1-6H3,(H,35,38)(H,36,40). The van der Waals surface area contributed by atoms with Crippen LogP contribution in [0.5, 0.6) is 0 Å². The van der Waals surface area contributed by atoms with E-state index in [0.29, 0.717) is 11.3 Å². The number of nitrogens with zero attached hydrogens (tertiary/aromatic N) is 2. The molecule has 2 atom stereocenters. The van der Waals surface area contributed by atoms with Crippen molar-refractivity contribution in [3.05, 3.63) is 101 Å². The van der Waals surface area contributed by atoms with Gasteiger partial charge in [-0.05, 0) is 69.9 Å². The zero-order valence-electron chi connectivity index (χ0n) is 24.5. The van der Waals surface area contributed by atoms with Crippen LogP contribution in [-0.2, 0) is 20.7 Å². The molecule has 0 saturated carbocycles. The minimum absolute atomic E-state index is 0.139. The third kappa shape index (κ3) is 8.67. The Labute approximate surface area is 242 Å². The van der Waals surface area contributed by atoms with Crippen molar-refractivity contribution < 1.29 is 19.1 Å². The molecule has 3 rings (SSSR count). The van der Waals surface area contributed by atoms with Crippen LogP contribution in [0.4, 0.5) is 10.5 Å². The Kier molecular flexibility index (Phi) is 10.3. The maximum Gasteiger partial charge on any atom is 0.408 e. The molecule has 0 fully saturated rings. The zero-order chi connectivity index (χ0) is 30.2. The van der Waals surface area contributed by atoms with Crippen molar-refractivity contribution in [2.45, 2.75) is 65.6 Å². The Hall–Kier alpha value is -4.64. The molecule has 0 heterocycles. The Balaban J connectivity index is 2.08. The second-order valence-electron chi connectivity index (χ2n) is 11.1. The normalized spacial score (nSPS) is 12.4. The number of rotatable bonds is 9. The number of amides is 3. The lowest BCUT2D eigenvalue weighted by atomic mass is 9.95. The van der Waals surface area contributed by atoms with Crippen LogP contribution in [0.25, 0.3) is 0 Å². The first-order valence-corrected chi connectivity index (χ1v) is 13.5. The molecule has 2 N–H and O–H groups in total. The Morgan fingerprint density at radius 1 is 0.927 bits per heavy atom. The Bertz CT molecular complexity index is 1420. The van der Waals surface area contributed by atoms with Gasteiger partial charge in [0.2, 0.25) is 5.91 Å². The van der Waals surface area contributed by atoms with E-state index in [2.05, 4.69) is 16.7 Å². The van der Waals surface area contributed by atoms with Gasteiger partial charge in [-0.2, -0.15) is 5.26 Å². The van der Waals surface area contributed by atoms with E-state index >= 15 is 0 Å². The molecule has 3 aromatic carbocycles. The highest BCUT2D eigenvalue weighted by atomic mass is 16.6. The first-order valence-electron chi connectivity index (χ1n) is 13.5. The molecule has 2 unspecified atom stereocenters. The van der Waals surface area contributed by atoms with Gasteiger partial charge in [-0.15, -0.1) is 0 Å². The lowest BCUT2D eigenvalue weighted by molar-refractivity contribution is -0.140. The maximum absolute atomic E-state index is 14.3. The fourth-order valence-corrected chi connectivity index (χ4v) is 4.57. The molecule has 3 amide bonds. The van der Waals surface area contributed by atoms with Gasteiger partial charge in [-0.25, -0.2) is 4.79 Å². The van der Waals surface area contributed by atoms with E-state index in [9.17, 15) is 19.6 Å². The third-order valence-corrected chi connectivity index (χ3v) is 6.48. The summed E-state index contributed by atoms with van der Waals surface area (Å²) in [7, 11) is 0. The van der Waals surface area contributed by atoms with Crippen LogP contribution in [0.2, 0.25) is 0 Å². The molecule has 0 spiro atoms. The molecule has 0 saturated heterocycles. The van der Waals surface area contributed by atoms with Crippen molar-refractivity contribution in [3.63, 3.8) is 0 Å². The largest absolute Gasteiger partial charge is 0.444 e. The van der Waals surface area contributed by atoms with Crippen LogP contribution < -0.4 is 10.6 Å². The molecule has 0 aliphatic heterocycles. The summed E-state index contributed by atoms with van der Waals surface area (Å²) >= 11 is 0. The second-order valence-corrected chi connectivity index (χ2v) is 11.1. The molecule has 214 valence electrons. The first kappa shape index (κ1) is 30.9. The van der Waals surface area contributed by atoms with Gasteiger partial charge in [0.15, 0.2) is 0 Å². The number of benzene rings is 3. The number of nitrogens with one attached hydrogen (secondary N) is 2. The van der Waals surface area contributed by atoms with Gasteiger partial charge in [-0.1, -0.05) is 72.3 Å². The van der Waals surface area contributed by atoms with E-state index in [4.69, 9.17) is 4.74 Å². The molecule has 0 aliphatic rings. The van der Waals surface area contributed by atoms with Crippen molar-refractivity contribution >= 4 is 23.6 Å². The molecule has 8 nitrogen and oxygen atoms in total. The topological polar surface area (TPSA) is 112 Å². The monoisotopic (exact) mass is 554 g/mol. The predicted octanol–water partition coefficient (Wildman–Crippen LogP) is 5.78. The molecular formula is C33H38N4O4. The van der Waals surface area contributed by atoms with Gasteiger partial charge in [0.1, 0.15) is 24.2 Å². The van der Waals surface area contributed by atoms with E-state index in [1.165, 1.54) is 4.90 Å². The molecule has 41 heavy (non-hydrogen) atoms. The summed E-state index contributed by atoms with van der Waals surface area (Å²) < 4.78 is 5.45. The minimum Gasteiger partial charge on any atom is -0.444 e. The van der Waals surface area contributed by atoms with Gasteiger partial charge in [-0.3, -0.25) is 9.59 Å². The predicted molar refractivity (Wildman–Crippen MR) is 159 cm³/mol. The zero-order valence-corrected chi connectivity index (χ0v) is 24.5. The molecule has 0 radical (unpaired) electrons. The summed E-state index contributed by atoms with van der Waals surface area (Å²) in [5, 5.41) is 15.5. The average molecular weight is 555 g/mol. The maximum atomic E-state index is 14.3. The summed E-state index contributed by atoms with van der Waals surface area (Å²) in [6, 6.07) is 22.0. The van der Waals surface area contributed by atoms with E-state index < -0.39 is 35.6 Å². The third-order valence-electron chi connectivity index (χ3n) is 6.48. The van der Waals surface area contributed by atoms with Crippen molar-refractivity contribution in [1.82, 2.24) is 10.2 Å². The van der Waals surface area contributed by atoms with Gasteiger partial charge >= 0.3 is 6.09 Å². The van der Waals surface area contributed by atoms with E-state index in [-0.39, 0.29) is 13.0 Å². The number of carbonyl (C=O) groups excluding carboxylic acids is 3. The molecule has 0 bridgehead atoms. The summed E-state index contributed by atoms with van der Waals surface area (Å²) in [6.07, 6.45) is -0.629. The number of alkyl carbamates (subject to hydrolysis) is 1. The quantitative estimate of drug-likeness (QED) is 0.326. The summed E-state index contributed by atoms with van der Waals surface area (Å²) in [5.74, 6) is -1.04. The number of nitriles is 1. The lowest BCUT2D eigenvalue weighted by Crippen LogP contribution is -2.53. The van der Waals surface area contributed by atoms with Gasteiger partial charge in [0.05, 0.1) is 6.07 Å². The van der Waals surface area contributed by atoms with Crippen LogP contribution in [0.1, 0.15) is 54.6 Å². The minimum atomic E-state index is -1.14. The first-order chi connectivity index (χ1) is 19.4. The average Bonchev–Trinajstić information content (AvgIpc) is 2.89. The van der Waals surface area contributed by atoms with Gasteiger partial charge < -0.3 is 20.3 Å². The van der Waals surface area contributed by atoms with E-state index in [0.717, 1.165) is 22.3 Å². The number of anilines is 1. The highest BCUT2D eigenvalue weighted by Gasteiger charge is 2.37. The number of ether oxygens (including phenoxy) is 1. The summed E-state index contributed by atoms with van der Waals surface area (Å²) in [5.41, 5.74) is 3.84. The second kappa shape index (κ2) is 13.6. The van der Waals surface area contributed by atoms with Crippen molar-refractivity contribution in [2.75, 3.05) is 11.9 Å². The van der Waals surface area contributed by atoms with Gasteiger partial charge in [0.25, 0.3) is 5.91 Å². The van der Waals surface area contributed by atoms with Crippen LogP contribution >= 0.6 is 0 Å². The number of hydrogen-bond acceptors (Lipinski definition) is 5. The van der Waals surface area contributed by atoms with Crippen LogP contribution in [-0.4, -0.2) is 41.0 Å². The fourth-order valence-electron chi connectivity index (χ4n) is 4.57. The Morgan fingerprint density at radius 3 is 2.20 bits per heavy atom. The van der Waals surface area contributed by atoms with Crippen molar-refractivity contribution in [2.24, 2.45) is 0 Å². The van der Waals surface area contributed by atoms with Crippen molar-refractivity contribution in [1.29, 1.82) is 5.26 Å². The number of hydrogen-bond donors (Lipinski definition) is 2. The van der Waals surface area contributed by atoms with Gasteiger partial charge in [0, 0.05) is 12.1 Å². The number of carbonyl (C=O) groups is 3. The van der Waals surface area contributed by atoms with E-state index in [1.807, 2.05) is 81.4 Å². The SMILES string of the molecule is Cc1ccc(C(C(=O)Nc2ccccc2C)N(CC#N)C(=O)C(Cc2ccccc2)NC(=O)OC(C)(C)C)c(C)c1. The lowest BCUT2D eigenvalue weighted by Gasteiger charge is -2.33. The molecule has 0 aliphatic carbocycles. The van der Waals surface area contributed by atoms with Crippen LogP contribution in [0.15, 0.2) is 72.8 Å². The smallest absolute Gasteiger partial charge is 0.408 e. The molecule has 8 heteroatoms. The highest BCUT2D eigenvalue weighted by molar-refractivity contribution is 5.99. The number of aryl methyl sites for hydroxylation is 3.